The van der Waals surface area contributed by atoms with Crippen LogP contribution in [0.1, 0.15) is 12.0 Å². The zero-order valence-electron chi connectivity index (χ0n) is 12.7. The summed E-state index contributed by atoms with van der Waals surface area (Å²) in [6.07, 6.45) is 2.89. The molecule has 24 heavy (non-hydrogen) atoms. The van der Waals surface area contributed by atoms with Gasteiger partial charge in [-0.25, -0.2) is 0 Å². The fourth-order valence-electron chi connectivity index (χ4n) is 2.46. The van der Waals surface area contributed by atoms with E-state index < -0.39 is 0 Å². The second-order valence-electron chi connectivity index (χ2n) is 5.33. The van der Waals surface area contributed by atoms with Crippen molar-refractivity contribution in [1.29, 1.82) is 5.26 Å². The Balaban J connectivity index is 1.96. The third kappa shape index (κ3) is 3.30. The number of hydrogen-bond acceptors (Lipinski definition) is 4. The van der Waals surface area contributed by atoms with Gasteiger partial charge in [-0.2, -0.15) is 5.26 Å². The summed E-state index contributed by atoms with van der Waals surface area (Å²) in [6.45, 7) is 0. The molecule has 2 aromatic carbocycles. The number of aryl methyl sites for hydroxylation is 1. The van der Waals surface area contributed by atoms with Crippen LogP contribution in [0, 0.1) is 11.3 Å². The lowest BCUT2D eigenvalue weighted by molar-refractivity contribution is 1.01. The summed E-state index contributed by atoms with van der Waals surface area (Å²) in [4.78, 5) is 4.36. The lowest BCUT2D eigenvalue weighted by Crippen LogP contribution is -1.99. The molecule has 3 N–H and O–H groups in total. The van der Waals surface area contributed by atoms with Crippen molar-refractivity contribution in [1.82, 2.24) is 4.98 Å². The van der Waals surface area contributed by atoms with Gasteiger partial charge in [-0.1, -0.05) is 23.7 Å². The monoisotopic (exact) mass is 400 g/mol. The Bertz CT molecular complexity index is 932. The van der Waals surface area contributed by atoms with Crippen LogP contribution >= 0.6 is 27.5 Å². The first-order chi connectivity index (χ1) is 11.6. The molecule has 0 atom stereocenters. The van der Waals surface area contributed by atoms with Crippen LogP contribution in [0.5, 0.6) is 0 Å². The number of fused-ring (bicyclic) bond motifs is 1. The molecule has 0 saturated carbocycles. The van der Waals surface area contributed by atoms with Gasteiger partial charge in [0.2, 0.25) is 0 Å². The van der Waals surface area contributed by atoms with Gasteiger partial charge in [0.1, 0.15) is 0 Å². The number of nitrogens with one attached hydrogen (secondary N) is 1. The first-order valence-corrected chi connectivity index (χ1v) is 8.52. The molecule has 120 valence electrons. The molecule has 0 unspecified atom stereocenters. The van der Waals surface area contributed by atoms with Crippen molar-refractivity contribution in [2.45, 2.75) is 12.8 Å². The third-order valence-corrected chi connectivity index (χ3v) is 5.05. The minimum Gasteiger partial charge on any atom is -0.396 e. The Morgan fingerprint density at radius 1 is 1.21 bits per heavy atom. The normalized spacial score (nSPS) is 10.5. The van der Waals surface area contributed by atoms with Gasteiger partial charge in [-0.15, -0.1) is 0 Å². The van der Waals surface area contributed by atoms with Crippen LogP contribution in [0.4, 0.5) is 17.1 Å². The summed E-state index contributed by atoms with van der Waals surface area (Å²) < 4.78 is 0.747. The first-order valence-electron chi connectivity index (χ1n) is 7.35. The van der Waals surface area contributed by atoms with Crippen LogP contribution in [-0.2, 0) is 6.42 Å². The fourth-order valence-corrected chi connectivity index (χ4v) is 3.06. The first kappa shape index (κ1) is 16.6. The molecule has 4 nitrogen and oxygen atoms in total. The maximum Gasteiger partial charge on any atom is 0.0881 e. The van der Waals surface area contributed by atoms with Gasteiger partial charge < -0.3 is 11.1 Å². The zero-order chi connectivity index (χ0) is 17.1. The largest absolute Gasteiger partial charge is 0.396 e. The quantitative estimate of drug-likeness (QED) is 0.611. The van der Waals surface area contributed by atoms with E-state index in [2.05, 4.69) is 32.3 Å². The van der Waals surface area contributed by atoms with Crippen molar-refractivity contribution in [3.63, 3.8) is 0 Å². The van der Waals surface area contributed by atoms with E-state index >= 15 is 0 Å². The summed E-state index contributed by atoms with van der Waals surface area (Å²) in [7, 11) is 0. The standard InChI is InChI=1S/C18H14BrClN4/c19-16-14(20)8-7-13-17(15(22)10-23-18(13)16)24-12-5-3-11(4-6-12)2-1-9-21/h3-8,10H,1-2,22H2,(H,23,24). The number of nitrogen functional groups attached to an aromatic ring is 1. The summed E-state index contributed by atoms with van der Waals surface area (Å²) >= 11 is 9.61. The Labute approximate surface area is 153 Å². The van der Waals surface area contributed by atoms with Gasteiger partial charge in [0.05, 0.1) is 38.7 Å². The number of aromatic nitrogens is 1. The van der Waals surface area contributed by atoms with Crippen LogP contribution in [0.25, 0.3) is 10.9 Å². The lowest BCUT2D eigenvalue weighted by atomic mass is 10.1. The molecular formula is C18H14BrClN4. The second-order valence-corrected chi connectivity index (χ2v) is 6.53. The van der Waals surface area contributed by atoms with Crippen LogP contribution in [0.3, 0.4) is 0 Å². The maximum absolute atomic E-state index is 8.65. The van der Waals surface area contributed by atoms with Crippen LogP contribution in [-0.4, -0.2) is 4.98 Å². The number of hydrogen-bond donors (Lipinski definition) is 2. The summed E-state index contributed by atoms with van der Waals surface area (Å²) in [6, 6.07) is 13.8. The van der Waals surface area contributed by atoms with Gasteiger partial charge in [-0.3, -0.25) is 4.98 Å². The van der Waals surface area contributed by atoms with Crippen LogP contribution in [0.2, 0.25) is 5.02 Å². The van der Waals surface area contributed by atoms with Crippen molar-refractivity contribution >= 4 is 55.5 Å². The van der Waals surface area contributed by atoms with Gasteiger partial charge in [0.15, 0.2) is 0 Å². The molecule has 3 aromatic rings. The van der Waals surface area contributed by atoms with Gasteiger partial charge >= 0.3 is 0 Å². The molecule has 0 radical (unpaired) electrons. The van der Waals surface area contributed by atoms with E-state index in [-0.39, 0.29) is 0 Å². The number of anilines is 3. The molecule has 0 saturated heterocycles. The molecule has 6 heteroatoms. The molecule has 0 bridgehead atoms. The van der Waals surface area contributed by atoms with Gasteiger partial charge in [0.25, 0.3) is 0 Å². The Kier molecular flexibility index (Phi) is 4.89. The minimum atomic E-state index is 0.517. The van der Waals surface area contributed by atoms with Gasteiger partial charge in [-0.05, 0) is 52.2 Å². The van der Waals surface area contributed by atoms with Crippen LogP contribution < -0.4 is 11.1 Å². The number of nitrogens with zero attached hydrogens (tertiary/aromatic N) is 2. The number of nitrogens with two attached hydrogens (primary N) is 1. The second kappa shape index (κ2) is 7.08. The van der Waals surface area contributed by atoms with Crippen LogP contribution in [0.15, 0.2) is 47.1 Å². The zero-order valence-corrected chi connectivity index (χ0v) is 15.0. The van der Waals surface area contributed by atoms with Crippen molar-refractivity contribution < 1.29 is 0 Å². The molecule has 0 aliphatic rings. The number of nitriles is 1. The van der Waals surface area contributed by atoms with E-state index in [1.807, 2.05) is 36.4 Å². The average molecular weight is 402 g/mol. The molecule has 3 rings (SSSR count). The lowest BCUT2D eigenvalue weighted by Gasteiger charge is -2.14. The maximum atomic E-state index is 8.65. The molecular weight excluding hydrogens is 388 g/mol. The van der Waals surface area contributed by atoms with E-state index in [9.17, 15) is 0 Å². The highest BCUT2D eigenvalue weighted by Crippen LogP contribution is 2.37. The average Bonchev–Trinajstić information content (AvgIpc) is 2.60. The van der Waals surface area contributed by atoms with Crippen molar-refractivity contribution in [2.24, 2.45) is 0 Å². The number of rotatable bonds is 4. The molecule has 1 aromatic heterocycles. The van der Waals surface area contributed by atoms with E-state index in [0.29, 0.717) is 17.1 Å². The van der Waals surface area contributed by atoms with E-state index in [4.69, 9.17) is 22.6 Å². The molecule has 0 fully saturated rings. The van der Waals surface area contributed by atoms with Gasteiger partial charge in [0, 0.05) is 17.5 Å². The van der Waals surface area contributed by atoms with E-state index in [0.717, 1.165) is 38.7 Å². The van der Waals surface area contributed by atoms with E-state index in [1.165, 1.54) is 0 Å². The van der Waals surface area contributed by atoms with E-state index in [1.54, 1.807) is 6.20 Å². The molecule has 1 heterocycles. The molecule has 0 aliphatic heterocycles. The molecule has 0 amide bonds. The Hall–Kier alpha value is -2.29. The highest BCUT2D eigenvalue weighted by Gasteiger charge is 2.11. The Morgan fingerprint density at radius 2 is 1.96 bits per heavy atom. The molecule has 0 spiro atoms. The number of benzene rings is 2. The van der Waals surface area contributed by atoms with Crippen molar-refractivity contribution in [2.75, 3.05) is 11.1 Å². The highest BCUT2D eigenvalue weighted by atomic mass is 79.9. The molecule has 0 aliphatic carbocycles. The fraction of sp³-hybridized carbons (Fsp3) is 0.111. The smallest absolute Gasteiger partial charge is 0.0881 e. The Morgan fingerprint density at radius 3 is 2.67 bits per heavy atom. The summed E-state index contributed by atoms with van der Waals surface area (Å²) in [5.74, 6) is 0. The minimum absolute atomic E-state index is 0.517. The summed E-state index contributed by atoms with van der Waals surface area (Å²) in [5.41, 5.74) is 10.3. The van der Waals surface area contributed by atoms with Crippen molar-refractivity contribution in [3.8, 4) is 6.07 Å². The van der Waals surface area contributed by atoms with Crippen molar-refractivity contribution in [3.05, 3.63) is 57.7 Å². The summed E-state index contributed by atoms with van der Waals surface area (Å²) in [5, 5.41) is 13.5. The predicted octanol–water partition coefficient (Wildman–Crippen LogP) is 5.43. The topological polar surface area (TPSA) is 74.7 Å². The highest BCUT2D eigenvalue weighted by molar-refractivity contribution is 9.10. The number of pyridine rings is 1. The predicted molar refractivity (Wildman–Crippen MR) is 103 cm³/mol. The third-order valence-electron chi connectivity index (χ3n) is 3.71. The SMILES string of the molecule is N#CCCc1ccc(Nc2c(N)cnc3c(Br)c(Cl)ccc23)cc1. The number of halogens is 2.